The third-order valence-electron chi connectivity index (χ3n) is 1.28. The second-order valence-corrected chi connectivity index (χ2v) is 3.11. The minimum absolute atomic E-state index is 0.889. The Morgan fingerprint density at radius 3 is 2.80 bits per heavy atom. The second-order valence-electron chi connectivity index (χ2n) is 2.09. The molecule has 0 saturated heterocycles. The average Bonchev–Trinajstić information content (AvgIpc) is 2.20. The molecule has 0 spiro atoms. The predicted octanol–water partition coefficient (Wildman–Crippen LogP) is 1.09. The molecule has 1 aromatic heterocycles. The van der Waals surface area contributed by atoms with Crippen LogP contribution < -0.4 is 0 Å². The van der Waals surface area contributed by atoms with Gasteiger partial charge in [0.25, 0.3) is 0 Å². The summed E-state index contributed by atoms with van der Waals surface area (Å²) in [4.78, 5) is 0. The van der Waals surface area contributed by atoms with E-state index in [0.29, 0.717) is 0 Å². The van der Waals surface area contributed by atoms with E-state index in [-0.39, 0.29) is 0 Å². The van der Waals surface area contributed by atoms with Crippen LogP contribution in [0.4, 0.5) is 0 Å². The van der Waals surface area contributed by atoms with Gasteiger partial charge in [-0.3, -0.25) is 0 Å². The third-order valence-corrected chi connectivity index (χ3v) is 2.74. The number of aryl methyl sites for hydroxylation is 1. The summed E-state index contributed by atoms with van der Waals surface area (Å²) in [6.07, 6.45) is 5.97. The standard InChI is InChI=1S/C7H10N2.Pt/c1-3-4-9-6-5-8(2)7-9;/h3,5-6H,1,4H2,2H3;. The SMILES string of the molecule is C=CCn1ccn(C)[c]1=[Pt]. The number of hydrogen-bond donors (Lipinski definition) is 0. The van der Waals surface area contributed by atoms with E-state index in [1.165, 1.54) is 3.80 Å². The molecule has 10 heavy (non-hydrogen) atoms. The summed E-state index contributed by atoms with van der Waals surface area (Å²) in [5, 5.41) is 0. The number of aromatic nitrogens is 2. The fourth-order valence-corrected chi connectivity index (χ4v) is 1.31. The van der Waals surface area contributed by atoms with Crippen LogP contribution in [0.5, 0.6) is 0 Å². The Bertz CT molecular complexity index is 282. The van der Waals surface area contributed by atoms with E-state index >= 15 is 0 Å². The van der Waals surface area contributed by atoms with Crippen molar-refractivity contribution in [1.82, 2.24) is 9.13 Å². The third kappa shape index (κ3) is 1.38. The van der Waals surface area contributed by atoms with Gasteiger partial charge in [-0.25, -0.2) is 0 Å². The maximum absolute atomic E-state index is 3.67. The zero-order valence-corrected chi connectivity index (χ0v) is 8.13. The molecule has 3 heteroatoms. The quantitative estimate of drug-likeness (QED) is 0.723. The summed E-state index contributed by atoms with van der Waals surface area (Å²) >= 11 is 2.29. The molecular weight excluding hydrogens is 307 g/mol. The molecule has 0 aromatic carbocycles. The molecule has 2 nitrogen and oxygen atoms in total. The predicted molar refractivity (Wildman–Crippen MR) is 36.8 cm³/mol. The van der Waals surface area contributed by atoms with Crippen LogP contribution in [0.2, 0.25) is 0 Å². The molecule has 0 saturated carbocycles. The van der Waals surface area contributed by atoms with Gasteiger partial charge < -0.3 is 0 Å². The van der Waals surface area contributed by atoms with Gasteiger partial charge in [0, 0.05) is 0 Å². The van der Waals surface area contributed by atoms with Gasteiger partial charge in [-0.1, -0.05) is 0 Å². The first kappa shape index (κ1) is 7.74. The molecule has 1 heterocycles. The normalized spacial score (nSPS) is 9.90. The first-order valence-corrected chi connectivity index (χ1v) is 4.17. The van der Waals surface area contributed by atoms with Crippen molar-refractivity contribution in [2.45, 2.75) is 6.54 Å². The van der Waals surface area contributed by atoms with Gasteiger partial charge in [-0.05, 0) is 0 Å². The average molecular weight is 317 g/mol. The van der Waals surface area contributed by atoms with Gasteiger partial charge in [-0.15, -0.1) is 0 Å². The fourth-order valence-electron chi connectivity index (χ4n) is 0.767. The first-order chi connectivity index (χ1) is 4.75. The van der Waals surface area contributed by atoms with Crippen LogP contribution in [-0.2, 0) is 32.9 Å². The molecule has 0 amide bonds. The minimum atomic E-state index is 0.889. The van der Waals surface area contributed by atoms with Crippen LogP contribution in [0.3, 0.4) is 0 Å². The number of nitrogens with zero attached hydrogens (tertiary/aromatic N) is 2. The molecule has 0 aliphatic carbocycles. The summed E-state index contributed by atoms with van der Waals surface area (Å²) in [6.45, 7) is 4.56. The Morgan fingerprint density at radius 1 is 1.70 bits per heavy atom. The summed E-state index contributed by atoms with van der Waals surface area (Å²) < 4.78 is 5.43. The second kappa shape index (κ2) is 3.16. The Balaban J connectivity index is 3.05. The topological polar surface area (TPSA) is 9.86 Å². The van der Waals surface area contributed by atoms with Gasteiger partial charge in [0.05, 0.1) is 0 Å². The van der Waals surface area contributed by atoms with Crippen LogP contribution in [0, 0.1) is 3.80 Å². The Kier molecular flexibility index (Phi) is 2.44. The first-order valence-electron chi connectivity index (χ1n) is 3.03. The van der Waals surface area contributed by atoms with Crippen LogP contribution in [-0.4, -0.2) is 9.13 Å². The van der Waals surface area contributed by atoms with Crippen molar-refractivity contribution in [3.05, 3.63) is 28.9 Å². The van der Waals surface area contributed by atoms with Gasteiger partial charge in [0.2, 0.25) is 0 Å². The molecule has 0 aliphatic heterocycles. The Labute approximate surface area is 71.2 Å². The Morgan fingerprint density at radius 2 is 2.40 bits per heavy atom. The summed E-state index contributed by atoms with van der Waals surface area (Å²) in [5.74, 6) is 0. The zero-order chi connectivity index (χ0) is 7.56. The summed E-state index contributed by atoms with van der Waals surface area (Å²) in [7, 11) is 2.03. The number of hydrogen-bond acceptors (Lipinski definition) is 0. The van der Waals surface area contributed by atoms with Crippen molar-refractivity contribution >= 4 is 0 Å². The molecule has 0 N–H and O–H groups in total. The van der Waals surface area contributed by atoms with Crippen LogP contribution in [0.15, 0.2) is 25.0 Å². The monoisotopic (exact) mass is 317 g/mol. The van der Waals surface area contributed by atoms with Crippen LogP contribution in [0.1, 0.15) is 0 Å². The van der Waals surface area contributed by atoms with Crippen molar-refractivity contribution in [2.24, 2.45) is 7.05 Å². The molecule has 0 atom stereocenters. The molecule has 0 fully saturated rings. The van der Waals surface area contributed by atoms with Gasteiger partial charge >= 0.3 is 70.9 Å². The van der Waals surface area contributed by atoms with Crippen molar-refractivity contribution in [3.63, 3.8) is 0 Å². The van der Waals surface area contributed by atoms with E-state index in [0.717, 1.165) is 6.54 Å². The molecule has 0 aliphatic rings. The van der Waals surface area contributed by atoms with Gasteiger partial charge in [0.1, 0.15) is 0 Å². The number of allylic oxidation sites excluding steroid dienone is 1. The van der Waals surface area contributed by atoms with Crippen LogP contribution >= 0.6 is 0 Å². The van der Waals surface area contributed by atoms with Gasteiger partial charge in [0.15, 0.2) is 0 Å². The van der Waals surface area contributed by atoms with E-state index in [2.05, 4.69) is 35.1 Å². The molecule has 0 unspecified atom stereocenters. The maximum atomic E-state index is 3.67. The van der Waals surface area contributed by atoms with E-state index in [9.17, 15) is 0 Å². The van der Waals surface area contributed by atoms with Crippen LogP contribution in [0.25, 0.3) is 0 Å². The summed E-state index contributed by atoms with van der Waals surface area (Å²) in [5.41, 5.74) is 0. The fraction of sp³-hybridized carbons (Fsp3) is 0.286. The van der Waals surface area contributed by atoms with Crippen molar-refractivity contribution in [3.8, 4) is 0 Å². The molecule has 58 valence electrons. The zero-order valence-electron chi connectivity index (χ0n) is 5.86. The molecule has 0 radical (unpaired) electrons. The van der Waals surface area contributed by atoms with Crippen molar-refractivity contribution in [2.75, 3.05) is 0 Å². The Hall–Kier alpha value is -0.362. The number of rotatable bonds is 2. The van der Waals surface area contributed by atoms with E-state index in [1.54, 1.807) is 0 Å². The molecule has 1 aromatic rings. The molecule has 0 bridgehead atoms. The summed E-state index contributed by atoms with van der Waals surface area (Å²) in [6, 6.07) is 0. The van der Waals surface area contributed by atoms with E-state index in [1.807, 2.05) is 25.5 Å². The van der Waals surface area contributed by atoms with Crippen molar-refractivity contribution < 1.29 is 19.4 Å². The molecule has 1 rings (SSSR count). The molecular formula is C7H10N2Pt. The van der Waals surface area contributed by atoms with E-state index in [4.69, 9.17) is 0 Å². The number of imidazole rings is 1. The van der Waals surface area contributed by atoms with Crippen molar-refractivity contribution in [1.29, 1.82) is 0 Å². The van der Waals surface area contributed by atoms with E-state index < -0.39 is 0 Å². The van der Waals surface area contributed by atoms with Gasteiger partial charge in [-0.2, -0.15) is 0 Å².